The molecule has 1 heterocycles. The van der Waals surface area contributed by atoms with Crippen molar-refractivity contribution in [3.63, 3.8) is 0 Å². The molecular formula is C20H18N2O6. The maximum absolute atomic E-state index is 12.4. The van der Waals surface area contributed by atoms with Gasteiger partial charge in [-0.25, -0.2) is 4.79 Å². The third-order valence-corrected chi connectivity index (χ3v) is 4.36. The lowest BCUT2D eigenvalue weighted by Gasteiger charge is -2.14. The van der Waals surface area contributed by atoms with Crippen LogP contribution in [0.1, 0.15) is 36.6 Å². The van der Waals surface area contributed by atoms with Gasteiger partial charge in [0.05, 0.1) is 31.3 Å². The number of aliphatic hydroxyl groups excluding tert-OH is 1. The lowest BCUT2D eigenvalue weighted by atomic mass is 10.1. The van der Waals surface area contributed by atoms with Crippen LogP contribution in [0.3, 0.4) is 0 Å². The van der Waals surface area contributed by atoms with Crippen LogP contribution < -0.4 is 5.32 Å². The lowest BCUT2D eigenvalue weighted by molar-refractivity contribution is -0.149. The number of fused-ring (bicyclic) bond motifs is 1. The molecule has 0 aliphatic carbocycles. The molecule has 3 amide bonds. The van der Waals surface area contributed by atoms with Gasteiger partial charge >= 0.3 is 5.97 Å². The van der Waals surface area contributed by atoms with Gasteiger partial charge in [-0.2, -0.15) is 0 Å². The summed E-state index contributed by atoms with van der Waals surface area (Å²) in [4.78, 5) is 49.1. The van der Waals surface area contributed by atoms with Gasteiger partial charge in [-0.15, -0.1) is 0 Å². The minimum absolute atomic E-state index is 0.0926. The first kappa shape index (κ1) is 19.2. The van der Waals surface area contributed by atoms with E-state index in [9.17, 15) is 24.3 Å². The normalized spacial score (nSPS) is 13.9. The van der Waals surface area contributed by atoms with Crippen molar-refractivity contribution in [2.75, 3.05) is 13.7 Å². The molecule has 0 bridgehead atoms. The number of hydrogen-bond acceptors (Lipinski definition) is 6. The number of nitrogens with zero attached hydrogens (tertiary/aromatic N) is 1. The summed E-state index contributed by atoms with van der Waals surface area (Å²) in [5.41, 5.74) is 1.75. The first-order valence-electron chi connectivity index (χ1n) is 8.50. The predicted molar refractivity (Wildman–Crippen MR) is 97.4 cm³/mol. The summed E-state index contributed by atoms with van der Waals surface area (Å²) < 4.78 is 4.37. The monoisotopic (exact) mass is 382 g/mol. The second-order valence-corrected chi connectivity index (χ2v) is 6.19. The van der Waals surface area contributed by atoms with Crippen molar-refractivity contribution in [1.82, 2.24) is 10.2 Å². The molecule has 0 unspecified atom stereocenters. The topological polar surface area (TPSA) is 113 Å². The Bertz CT molecular complexity index is 903. The summed E-state index contributed by atoms with van der Waals surface area (Å²) in [5.74, 6) is -2.01. The summed E-state index contributed by atoms with van der Waals surface area (Å²) in [5, 5.41) is 11.9. The van der Waals surface area contributed by atoms with Crippen LogP contribution in [0.5, 0.6) is 0 Å². The van der Waals surface area contributed by atoms with Crippen molar-refractivity contribution >= 4 is 23.7 Å². The molecule has 0 aromatic heterocycles. The van der Waals surface area contributed by atoms with E-state index >= 15 is 0 Å². The van der Waals surface area contributed by atoms with Gasteiger partial charge in [0.2, 0.25) is 0 Å². The van der Waals surface area contributed by atoms with E-state index in [1.807, 2.05) is 0 Å². The Balaban J connectivity index is 1.62. The van der Waals surface area contributed by atoms with Crippen molar-refractivity contribution in [3.05, 3.63) is 70.8 Å². The second-order valence-electron chi connectivity index (χ2n) is 6.19. The van der Waals surface area contributed by atoms with Gasteiger partial charge in [-0.1, -0.05) is 24.3 Å². The van der Waals surface area contributed by atoms with Crippen LogP contribution >= 0.6 is 0 Å². The van der Waals surface area contributed by atoms with Crippen molar-refractivity contribution in [2.24, 2.45) is 0 Å². The van der Waals surface area contributed by atoms with Crippen LogP contribution in [0.4, 0.5) is 0 Å². The molecule has 0 saturated heterocycles. The minimum atomic E-state index is -1.44. The van der Waals surface area contributed by atoms with E-state index in [1.54, 1.807) is 36.4 Å². The Morgan fingerprint density at radius 3 is 2.14 bits per heavy atom. The number of hydrogen-bond donors (Lipinski definition) is 2. The molecule has 1 aliphatic rings. The molecule has 1 atom stereocenters. The van der Waals surface area contributed by atoms with Crippen LogP contribution in [0, 0.1) is 0 Å². The molecule has 28 heavy (non-hydrogen) atoms. The number of nitrogens with one attached hydrogen (secondary N) is 1. The van der Waals surface area contributed by atoms with Gasteiger partial charge < -0.3 is 15.2 Å². The van der Waals surface area contributed by atoms with Gasteiger partial charge in [-0.3, -0.25) is 19.3 Å². The Morgan fingerprint density at radius 1 is 1.04 bits per heavy atom. The number of aliphatic hydroxyl groups is 1. The zero-order chi connectivity index (χ0) is 20.3. The predicted octanol–water partition coefficient (Wildman–Crippen LogP) is 0.746. The molecule has 1 aliphatic heterocycles. The Kier molecular flexibility index (Phi) is 5.51. The van der Waals surface area contributed by atoms with E-state index in [-0.39, 0.29) is 24.9 Å². The van der Waals surface area contributed by atoms with E-state index in [2.05, 4.69) is 10.1 Å². The van der Waals surface area contributed by atoms with Crippen LogP contribution in [-0.4, -0.2) is 53.5 Å². The highest BCUT2D eigenvalue weighted by Gasteiger charge is 2.34. The number of carbonyl (C=O) groups is 4. The lowest BCUT2D eigenvalue weighted by Crippen LogP contribution is -2.37. The smallest absolute Gasteiger partial charge is 0.336 e. The average molecular weight is 382 g/mol. The molecule has 0 fully saturated rings. The highest BCUT2D eigenvalue weighted by atomic mass is 16.5. The highest BCUT2D eigenvalue weighted by molar-refractivity contribution is 6.21. The van der Waals surface area contributed by atoms with E-state index in [0.29, 0.717) is 22.3 Å². The number of carbonyl (C=O) groups excluding carboxylic acids is 4. The summed E-state index contributed by atoms with van der Waals surface area (Å²) >= 11 is 0. The molecule has 0 saturated carbocycles. The zero-order valence-electron chi connectivity index (χ0n) is 15.0. The van der Waals surface area contributed by atoms with Gasteiger partial charge in [0, 0.05) is 5.56 Å². The third-order valence-electron chi connectivity index (χ3n) is 4.36. The molecule has 8 nitrogen and oxygen atoms in total. The fourth-order valence-electron chi connectivity index (χ4n) is 2.84. The largest absolute Gasteiger partial charge is 0.467 e. The molecular weight excluding hydrogens is 364 g/mol. The van der Waals surface area contributed by atoms with Crippen molar-refractivity contribution < 1.29 is 29.0 Å². The quantitative estimate of drug-likeness (QED) is 0.563. The first-order valence-corrected chi connectivity index (χ1v) is 8.50. The van der Waals surface area contributed by atoms with Crippen LogP contribution in [-0.2, 0) is 16.1 Å². The van der Waals surface area contributed by atoms with Crippen LogP contribution in [0.25, 0.3) is 0 Å². The summed E-state index contributed by atoms with van der Waals surface area (Å²) in [7, 11) is 1.14. The molecule has 2 N–H and O–H groups in total. The number of methoxy groups -OCH3 is 1. The van der Waals surface area contributed by atoms with Gasteiger partial charge in [-0.05, 0) is 29.8 Å². The zero-order valence-corrected chi connectivity index (χ0v) is 15.0. The van der Waals surface area contributed by atoms with E-state index < -0.39 is 18.0 Å². The fraction of sp³-hybridized carbons (Fsp3) is 0.200. The number of amides is 3. The number of esters is 1. The average Bonchev–Trinajstić information content (AvgIpc) is 2.96. The van der Waals surface area contributed by atoms with Crippen LogP contribution in [0.2, 0.25) is 0 Å². The molecule has 2 aromatic carbocycles. The van der Waals surface area contributed by atoms with E-state index in [1.165, 1.54) is 12.1 Å². The highest BCUT2D eigenvalue weighted by Crippen LogP contribution is 2.24. The summed E-state index contributed by atoms with van der Waals surface area (Å²) in [6, 6.07) is 13.0. The molecule has 144 valence electrons. The maximum atomic E-state index is 12.4. The number of rotatable bonds is 6. The van der Waals surface area contributed by atoms with Crippen molar-refractivity contribution in [3.8, 4) is 0 Å². The number of benzene rings is 2. The van der Waals surface area contributed by atoms with E-state index in [4.69, 9.17) is 0 Å². The SMILES string of the molecule is COC(=O)[C@@H](O)CNC(=O)c1ccc(CN2C(=O)c3ccccc3C2=O)cc1. The summed E-state index contributed by atoms with van der Waals surface area (Å²) in [6.07, 6.45) is -1.44. The van der Waals surface area contributed by atoms with Crippen LogP contribution in [0.15, 0.2) is 48.5 Å². The minimum Gasteiger partial charge on any atom is -0.467 e. The Labute approximate surface area is 160 Å². The molecule has 2 aromatic rings. The Morgan fingerprint density at radius 2 is 1.61 bits per heavy atom. The maximum Gasteiger partial charge on any atom is 0.336 e. The number of imide groups is 1. The standard InChI is InChI=1S/C20H18N2O6/c1-28-20(27)16(23)10-21-17(24)13-8-6-12(7-9-13)11-22-18(25)14-4-2-3-5-15(14)19(22)26/h2-9,16,23H,10-11H2,1H3,(H,21,24)/t16-/m0/s1. The van der Waals surface area contributed by atoms with Gasteiger partial charge in [0.1, 0.15) is 0 Å². The summed E-state index contributed by atoms with van der Waals surface area (Å²) in [6.45, 7) is -0.183. The molecule has 3 rings (SSSR count). The Hall–Kier alpha value is -3.52. The fourth-order valence-corrected chi connectivity index (χ4v) is 2.84. The third kappa shape index (κ3) is 3.77. The number of ether oxygens (including phenoxy) is 1. The first-order chi connectivity index (χ1) is 13.4. The molecule has 8 heteroatoms. The van der Waals surface area contributed by atoms with Gasteiger partial charge in [0.25, 0.3) is 17.7 Å². The van der Waals surface area contributed by atoms with E-state index in [0.717, 1.165) is 12.0 Å². The molecule has 0 radical (unpaired) electrons. The molecule has 0 spiro atoms. The van der Waals surface area contributed by atoms with Crippen molar-refractivity contribution in [1.29, 1.82) is 0 Å². The second kappa shape index (κ2) is 8.01. The van der Waals surface area contributed by atoms with Gasteiger partial charge in [0.15, 0.2) is 6.10 Å². The van der Waals surface area contributed by atoms with Crippen molar-refractivity contribution in [2.45, 2.75) is 12.6 Å².